The molecule has 13 heavy (non-hydrogen) atoms. The maximum absolute atomic E-state index is 11.4. The first kappa shape index (κ1) is 10.6. The Morgan fingerprint density at radius 1 is 1.38 bits per heavy atom. The smallest absolute Gasteiger partial charge is 0.217 e. The van der Waals surface area contributed by atoms with Crippen LogP contribution in [0.1, 0.15) is 0 Å². The molecule has 0 spiro atoms. The molecule has 0 radical (unpaired) electrons. The fourth-order valence-electron chi connectivity index (χ4n) is 1.22. The molecule has 6 heteroatoms. The summed E-state index contributed by atoms with van der Waals surface area (Å²) in [6, 6.07) is 0. The Balaban J connectivity index is 2.70. The highest BCUT2D eigenvalue weighted by Gasteiger charge is 2.35. The van der Waals surface area contributed by atoms with Crippen molar-refractivity contribution in [2.45, 2.75) is 12.2 Å². The van der Waals surface area contributed by atoms with Crippen LogP contribution in [0.2, 0.25) is 0 Å². The van der Waals surface area contributed by atoms with Crippen LogP contribution in [0, 0.1) is 0 Å². The van der Waals surface area contributed by atoms with E-state index in [-0.39, 0.29) is 18.8 Å². The van der Waals surface area contributed by atoms with Crippen LogP contribution in [0.25, 0.3) is 0 Å². The summed E-state index contributed by atoms with van der Waals surface area (Å²) in [5, 5.41) is 18.2. The number of β-amino-alcohol motifs (C(OH)–C–C–N with tert-alkyl or cyclic N) is 2. The van der Waals surface area contributed by atoms with Crippen LogP contribution in [0.3, 0.4) is 0 Å². The number of hydrogen-bond acceptors (Lipinski definition) is 4. The van der Waals surface area contributed by atoms with Crippen molar-refractivity contribution in [2.24, 2.45) is 0 Å². The van der Waals surface area contributed by atoms with Gasteiger partial charge < -0.3 is 10.2 Å². The number of nitrogens with zero attached hydrogens (tertiary/aromatic N) is 1. The molecule has 76 valence electrons. The summed E-state index contributed by atoms with van der Waals surface area (Å²) < 4.78 is 23.8. The van der Waals surface area contributed by atoms with Gasteiger partial charge in [0.05, 0.1) is 18.0 Å². The van der Waals surface area contributed by atoms with Crippen LogP contribution in [-0.4, -0.2) is 54.0 Å². The third-order valence-corrected chi connectivity index (χ3v) is 3.69. The lowest BCUT2D eigenvalue weighted by Gasteiger charge is -2.13. The molecular weight excluding hydrogens is 194 g/mol. The lowest BCUT2D eigenvalue weighted by Crippen LogP contribution is -2.31. The van der Waals surface area contributed by atoms with E-state index in [4.69, 9.17) is 10.2 Å². The van der Waals surface area contributed by atoms with Crippen LogP contribution in [0.5, 0.6) is 0 Å². The van der Waals surface area contributed by atoms with Crippen LogP contribution >= 0.6 is 0 Å². The highest BCUT2D eigenvalue weighted by molar-refractivity contribution is 7.89. The Morgan fingerprint density at radius 2 is 1.85 bits per heavy atom. The SMILES string of the molecule is C=CCS(=O)(=O)N1CC(O)C(O)C1. The minimum atomic E-state index is -3.38. The number of aliphatic hydroxyl groups excluding tert-OH is 2. The van der Waals surface area contributed by atoms with Crippen molar-refractivity contribution in [3.63, 3.8) is 0 Å². The Bertz CT molecular complexity index is 277. The van der Waals surface area contributed by atoms with Crippen LogP contribution in [0.15, 0.2) is 12.7 Å². The standard InChI is InChI=1S/C7H13NO4S/c1-2-3-13(11,12)8-4-6(9)7(10)5-8/h2,6-7,9-10H,1,3-5H2. The zero-order chi connectivity index (χ0) is 10.1. The topological polar surface area (TPSA) is 77.8 Å². The predicted octanol–water partition coefficient (Wildman–Crippen LogP) is -1.46. The summed E-state index contributed by atoms with van der Waals surface area (Å²) in [4.78, 5) is 0. The van der Waals surface area contributed by atoms with Crippen molar-refractivity contribution >= 4 is 10.0 Å². The molecule has 0 aromatic heterocycles. The summed E-state index contributed by atoms with van der Waals surface area (Å²) in [5.41, 5.74) is 0. The molecule has 0 saturated carbocycles. The molecule has 0 aromatic carbocycles. The molecule has 0 amide bonds. The molecule has 1 saturated heterocycles. The number of hydrogen-bond donors (Lipinski definition) is 2. The molecule has 2 N–H and O–H groups in total. The van der Waals surface area contributed by atoms with Gasteiger partial charge in [0.2, 0.25) is 10.0 Å². The minimum Gasteiger partial charge on any atom is -0.389 e. The first-order valence-corrected chi connectivity index (χ1v) is 5.53. The third-order valence-electron chi connectivity index (χ3n) is 1.95. The molecule has 2 unspecified atom stereocenters. The molecule has 1 fully saturated rings. The van der Waals surface area contributed by atoms with Gasteiger partial charge >= 0.3 is 0 Å². The Hall–Kier alpha value is -0.430. The quantitative estimate of drug-likeness (QED) is 0.554. The summed E-state index contributed by atoms with van der Waals surface area (Å²) >= 11 is 0. The van der Waals surface area contributed by atoms with Gasteiger partial charge in [0, 0.05) is 13.1 Å². The second-order valence-corrected chi connectivity index (χ2v) is 5.03. The molecule has 2 atom stereocenters. The van der Waals surface area contributed by atoms with Gasteiger partial charge in [-0.25, -0.2) is 8.42 Å². The second kappa shape index (κ2) is 3.75. The maximum atomic E-state index is 11.4. The Kier molecular flexibility index (Phi) is 3.07. The first-order valence-electron chi connectivity index (χ1n) is 3.92. The van der Waals surface area contributed by atoms with E-state index in [9.17, 15) is 8.42 Å². The monoisotopic (exact) mass is 207 g/mol. The van der Waals surface area contributed by atoms with E-state index in [0.29, 0.717) is 0 Å². The van der Waals surface area contributed by atoms with Gasteiger partial charge in [0.15, 0.2) is 0 Å². The van der Waals surface area contributed by atoms with Crippen molar-refractivity contribution in [3.8, 4) is 0 Å². The van der Waals surface area contributed by atoms with E-state index < -0.39 is 22.2 Å². The largest absolute Gasteiger partial charge is 0.389 e. The fraction of sp³-hybridized carbons (Fsp3) is 0.714. The van der Waals surface area contributed by atoms with Crippen molar-refractivity contribution in [1.29, 1.82) is 0 Å². The Labute approximate surface area is 77.3 Å². The highest BCUT2D eigenvalue weighted by Crippen LogP contribution is 2.14. The van der Waals surface area contributed by atoms with Gasteiger partial charge in [-0.15, -0.1) is 6.58 Å². The minimum absolute atomic E-state index is 0.0304. The molecular formula is C7H13NO4S. The zero-order valence-corrected chi connectivity index (χ0v) is 7.94. The van der Waals surface area contributed by atoms with Crippen molar-refractivity contribution in [3.05, 3.63) is 12.7 Å². The summed E-state index contributed by atoms with van der Waals surface area (Å²) in [6.07, 6.45) is -0.661. The van der Waals surface area contributed by atoms with Gasteiger partial charge in [0.1, 0.15) is 0 Å². The normalized spacial score (nSPS) is 30.6. The fourth-order valence-corrected chi connectivity index (χ4v) is 2.49. The van der Waals surface area contributed by atoms with Crippen LogP contribution in [-0.2, 0) is 10.0 Å². The van der Waals surface area contributed by atoms with Crippen molar-refractivity contribution < 1.29 is 18.6 Å². The molecule has 0 aromatic rings. The van der Waals surface area contributed by atoms with E-state index in [2.05, 4.69) is 6.58 Å². The van der Waals surface area contributed by atoms with Crippen LogP contribution in [0.4, 0.5) is 0 Å². The maximum Gasteiger partial charge on any atom is 0.217 e. The summed E-state index contributed by atoms with van der Waals surface area (Å²) in [5.74, 6) is -0.160. The Morgan fingerprint density at radius 3 is 2.23 bits per heavy atom. The zero-order valence-electron chi connectivity index (χ0n) is 7.13. The van der Waals surface area contributed by atoms with E-state index in [0.717, 1.165) is 4.31 Å². The van der Waals surface area contributed by atoms with Gasteiger partial charge in [-0.05, 0) is 0 Å². The number of rotatable bonds is 3. The van der Waals surface area contributed by atoms with Gasteiger partial charge in [0.25, 0.3) is 0 Å². The summed E-state index contributed by atoms with van der Waals surface area (Å²) in [6.45, 7) is 3.26. The third kappa shape index (κ3) is 2.28. The van der Waals surface area contributed by atoms with Gasteiger partial charge in [-0.2, -0.15) is 4.31 Å². The average molecular weight is 207 g/mol. The molecule has 1 rings (SSSR count). The molecule has 1 aliphatic rings. The lowest BCUT2D eigenvalue weighted by molar-refractivity contribution is 0.0572. The van der Waals surface area contributed by atoms with E-state index in [1.165, 1.54) is 6.08 Å². The van der Waals surface area contributed by atoms with E-state index in [1.807, 2.05) is 0 Å². The average Bonchev–Trinajstić information content (AvgIpc) is 2.33. The number of sulfonamides is 1. The van der Waals surface area contributed by atoms with Gasteiger partial charge in [-0.3, -0.25) is 0 Å². The summed E-state index contributed by atoms with van der Waals surface area (Å²) in [7, 11) is -3.38. The van der Waals surface area contributed by atoms with E-state index >= 15 is 0 Å². The predicted molar refractivity (Wildman–Crippen MR) is 47.6 cm³/mol. The van der Waals surface area contributed by atoms with Crippen LogP contribution < -0.4 is 0 Å². The first-order chi connectivity index (χ1) is 5.97. The molecule has 5 nitrogen and oxygen atoms in total. The molecule has 1 aliphatic heterocycles. The van der Waals surface area contributed by atoms with Gasteiger partial charge in [-0.1, -0.05) is 6.08 Å². The van der Waals surface area contributed by atoms with Crippen molar-refractivity contribution in [1.82, 2.24) is 4.31 Å². The second-order valence-electron chi connectivity index (χ2n) is 3.02. The van der Waals surface area contributed by atoms with Crippen molar-refractivity contribution in [2.75, 3.05) is 18.8 Å². The molecule has 0 bridgehead atoms. The molecule has 0 aliphatic carbocycles. The lowest BCUT2D eigenvalue weighted by atomic mass is 10.3. The molecule has 1 heterocycles. The number of aliphatic hydroxyl groups is 2. The van der Waals surface area contributed by atoms with E-state index in [1.54, 1.807) is 0 Å². The highest BCUT2D eigenvalue weighted by atomic mass is 32.2.